The Morgan fingerprint density at radius 1 is 1.05 bits per heavy atom. The van der Waals surface area contributed by atoms with E-state index in [1.54, 1.807) is 12.4 Å². The van der Waals surface area contributed by atoms with E-state index in [9.17, 15) is 8.78 Å². The van der Waals surface area contributed by atoms with E-state index < -0.39 is 11.6 Å². The van der Waals surface area contributed by atoms with E-state index in [2.05, 4.69) is 5.10 Å². The van der Waals surface area contributed by atoms with Crippen molar-refractivity contribution in [3.05, 3.63) is 72.1 Å². The predicted octanol–water partition coefficient (Wildman–Crippen LogP) is 4.13. The summed E-state index contributed by atoms with van der Waals surface area (Å²) < 4.78 is 28.1. The van der Waals surface area contributed by atoms with Crippen molar-refractivity contribution in [3.8, 4) is 16.8 Å². The third kappa shape index (κ3) is 2.20. The fourth-order valence-electron chi connectivity index (χ4n) is 2.16. The van der Waals surface area contributed by atoms with E-state index in [0.29, 0.717) is 0 Å². The first-order chi connectivity index (χ1) is 9.65. The van der Waals surface area contributed by atoms with E-state index in [1.807, 2.05) is 31.2 Å². The molecular weight excluding hydrogens is 258 g/mol. The maximum Gasteiger partial charge on any atom is 0.151 e. The first-order valence-electron chi connectivity index (χ1n) is 6.21. The van der Waals surface area contributed by atoms with Crippen LogP contribution >= 0.6 is 0 Å². The van der Waals surface area contributed by atoms with Gasteiger partial charge in [0.05, 0.1) is 6.20 Å². The van der Waals surface area contributed by atoms with E-state index in [1.165, 1.54) is 16.8 Å². The number of benzene rings is 2. The third-order valence-corrected chi connectivity index (χ3v) is 3.20. The van der Waals surface area contributed by atoms with Crippen molar-refractivity contribution in [3.63, 3.8) is 0 Å². The van der Waals surface area contributed by atoms with Gasteiger partial charge in [0.15, 0.2) is 5.82 Å². The Morgan fingerprint density at radius 2 is 1.85 bits per heavy atom. The van der Waals surface area contributed by atoms with Crippen LogP contribution in [0.1, 0.15) is 5.56 Å². The van der Waals surface area contributed by atoms with Crippen LogP contribution in [0.15, 0.2) is 54.9 Å². The Morgan fingerprint density at radius 3 is 2.60 bits per heavy atom. The van der Waals surface area contributed by atoms with Crippen molar-refractivity contribution in [1.82, 2.24) is 9.78 Å². The molecule has 0 amide bonds. The number of aryl methyl sites for hydroxylation is 1. The Labute approximate surface area is 115 Å². The summed E-state index contributed by atoms with van der Waals surface area (Å²) in [6, 6.07) is 11.3. The SMILES string of the molecule is Cc1ccccc1-c1cnn(-c2ccc(F)cc2F)c1. The molecule has 3 rings (SSSR count). The van der Waals surface area contributed by atoms with E-state index in [0.717, 1.165) is 22.8 Å². The Kier molecular flexibility index (Phi) is 3.06. The van der Waals surface area contributed by atoms with Gasteiger partial charge >= 0.3 is 0 Å². The normalized spacial score (nSPS) is 10.8. The number of hydrogen-bond donors (Lipinski definition) is 0. The van der Waals surface area contributed by atoms with Gasteiger partial charge in [0.2, 0.25) is 0 Å². The molecule has 0 bridgehead atoms. The number of rotatable bonds is 2. The van der Waals surface area contributed by atoms with Gasteiger partial charge in [0, 0.05) is 17.8 Å². The van der Waals surface area contributed by atoms with Gasteiger partial charge in [-0.3, -0.25) is 0 Å². The molecule has 3 aromatic rings. The first kappa shape index (κ1) is 12.5. The molecule has 0 aliphatic rings. The number of aromatic nitrogens is 2. The summed E-state index contributed by atoms with van der Waals surface area (Å²) in [6.07, 6.45) is 3.41. The molecule has 4 heteroatoms. The highest BCUT2D eigenvalue weighted by molar-refractivity contribution is 5.66. The molecule has 0 fully saturated rings. The molecule has 2 nitrogen and oxygen atoms in total. The van der Waals surface area contributed by atoms with Crippen LogP contribution < -0.4 is 0 Å². The van der Waals surface area contributed by atoms with Crippen LogP contribution in [0.2, 0.25) is 0 Å². The summed E-state index contributed by atoms with van der Waals surface area (Å²) in [5.41, 5.74) is 3.28. The zero-order valence-corrected chi connectivity index (χ0v) is 10.8. The van der Waals surface area contributed by atoms with Gasteiger partial charge in [-0.15, -0.1) is 0 Å². The van der Waals surface area contributed by atoms with Gasteiger partial charge in [-0.05, 0) is 30.2 Å². The second-order valence-corrected chi connectivity index (χ2v) is 4.58. The largest absolute Gasteiger partial charge is 0.237 e. The minimum Gasteiger partial charge on any atom is -0.237 e. The topological polar surface area (TPSA) is 17.8 Å². The van der Waals surface area contributed by atoms with Gasteiger partial charge in [0.25, 0.3) is 0 Å². The van der Waals surface area contributed by atoms with Crippen LogP contribution in [0.5, 0.6) is 0 Å². The minimum atomic E-state index is -0.635. The van der Waals surface area contributed by atoms with Crippen LogP contribution in [0.3, 0.4) is 0 Å². The minimum absolute atomic E-state index is 0.228. The zero-order chi connectivity index (χ0) is 14.1. The molecule has 0 saturated heterocycles. The van der Waals surface area contributed by atoms with Crippen molar-refractivity contribution < 1.29 is 8.78 Å². The average molecular weight is 270 g/mol. The van der Waals surface area contributed by atoms with Gasteiger partial charge in [0.1, 0.15) is 11.5 Å². The standard InChI is InChI=1S/C16H12F2N2/c1-11-4-2-3-5-14(11)12-9-19-20(10-12)16-7-6-13(17)8-15(16)18/h2-10H,1H3. The van der Waals surface area contributed by atoms with Crippen LogP contribution in [0.25, 0.3) is 16.8 Å². The molecule has 0 radical (unpaired) electrons. The fraction of sp³-hybridized carbons (Fsp3) is 0.0625. The van der Waals surface area contributed by atoms with Crippen molar-refractivity contribution >= 4 is 0 Å². The molecule has 0 atom stereocenters. The highest BCUT2D eigenvalue weighted by Crippen LogP contribution is 2.24. The fourth-order valence-corrected chi connectivity index (χ4v) is 2.16. The van der Waals surface area contributed by atoms with E-state index >= 15 is 0 Å². The number of halogens is 2. The van der Waals surface area contributed by atoms with Gasteiger partial charge in [-0.25, -0.2) is 13.5 Å². The van der Waals surface area contributed by atoms with Crippen LogP contribution in [0, 0.1) is 18.6 Å². The van der Waals surface area contributed by atoms with Crippen molar-refractivity contribution in [2.24, 2.45) is 0 Å². The lowest BCUT2D eigenvalue weighted by Gasteiger charge is -2.03. The zero-order valence-electron chi connectivity index (χ0n) is 10.8. The molecule has 20 heavy (non-hydrogen) atoms. The number of nitrogens with zero attached hydrogens (tertiary/aromatic N) is 2. The van der Waals surface area contributed by atoms with Crippen molar-refractivity contribution in [2.75, 3.05) is 0 Å². The highest BCUT2D eigenvalue weighted by atomic mass is 19.1. The lowest BCUT2D eigenvalue weighted by atomic mass is 10.0. The molecule has 0 spiro atoms. The van der Waals surface area contributed by atoms with Gasteiger partial charge in [-0.1, -0.05) is 24.3 Å². The molecule has 0 saturated carbocycles. The van der Waals surface area contributed by atoms with Crippen molar-refractivity contribution in [1.29, 1.82) is 0 Å². The summed E-state index contributed by atoms with van der Waals surface area (Å²) in [6.45, 7) is 2.01. The van der Waals surface area contributed by atoms with Crippen LogP contribution in [0.4, 0.5) is 8.78 Å². The second kappa shape index (κ2) is 4.89. The maximum atomic E-state index is 13.7. The van der Waals surface area contributed by atoms with E-state index in [-0.39, 0.29) is 5.69 Å². The Bertz CT molecular complexity index is 763. The van der Waals surface area contributed by atoms with Crippen LogP contribution in [-0.4, -0.2) is 9.78 Å². The highest BCUT2D eigenvalue weighted by Gasteiger charge is 2.09. The summed E-state index contributed by atoms with van der Waals surface area (Å²) in [5, 5.41) is 4.15. The molecule has 1 heterocycles. The molecule has 0 aliphatic carbocycles. The third-order valence-electron chi connectivity index (χ3n) is 3.20. The average Bonchev–Trinajstić information content (AvgIpc) is 2.88. The molecule has 0 N–H and O–H groups in total. The maximum absolute atomic E-state index is 13.7. The molecule has 0 unspecified atom stereocenters. The molecule has 0 aliphatic heterocycles. The lowest BCUT2D eigenvalue weighted by molar-refractivity contribution is 0.573. The smallest absolute Gasteiger partial charge is 0.151 e. The summed E-state index contributed by atoms with van der Waals surface area (Å²) in [4.78, 5) is 0. The molecular formula is C16H12F2N2. The van der Waals surface area contributed by atoms with E-state index in [4.69, 9.17) is 0 Å². The monoisotopic (exact) mass is 270 g/mol. The molecule has 1 aromatic heterocycles. The summed E-state index contributed by atoms with van der Waals surface area (Å²) in [5.74, 6) is -1.23. The number of hydrogen-bond acceptors (Lipinski definition) is 1. The summed E-state index contributed by atoms with van der Waals surface area (Å²) in [7, 11) is 0. The Balaban J connectivity index is 2.04. The second-order valence-electron chi connectivity index (χ2n) is 4.58. The predicted molar refractivity (Wildman–Crippen MR) is 73.7 cm³/mol. The summed E-state index contributed by atoms with van der Waals surface area (Å²) >= 11 is 0. The molecule has 100 valence electrons. The van der Waals surface area contributed by atoms with Gasteiger partial charge in [-0.2, -0.15) is 5.10 Å². The lowest BCUT2D eigenvalue weighted by Crippen LogP contribution is -1.98. The molecule has 2 aromatic carbocycles. The van der Waals surface area contributed by atoms with Gasteiger partial charge < -0.3 is 0 Å². The van der Waals surface area contributed by atoms with Crippen molar-refractivity contribution in [2.45, 2.75) is 6.92 Å². The van der Waals surface area contributed by atoms with Crippen LogP contribution in [-0.2, 0) is 0 Å². The Hall–Kier alpha value is -2.49. The first-order valence-corrected chi connectivity index (χ1v) is 6.21. The quantitative estimate of drug-likeness (QED) is 0.684.